The van der Waals surface area contributed by atoms with Gasteiger partial charge in [-0.2, -0.15) is 5.10 Å². The predicted octanol–water partition coefficient (Wildman–Crippen LogP) is 1.39. The highest BCUT2D eigenvalue weighted by molar-refractivity contribution is 7.85. The molecule has 1 aromatic carbocycles. The Bertz CT molecular complexity index is 589. The standard InChI is InChI=1S/C16H21N3O2S/c20-22(16-5-2-1-3-6-16)12-10-18-9-11-21-15(13-18)14-19-8-4-7-17-19/h1-8,15H,9-14H2/t15-,22+/m1/s1. The van der Waals surface area contributed by atoms with Gasteiger partial charge in [-0.25, -0.2) is 0 Å². The smallest absolute Gasteiger partial charge is 0.0898 e. The van der Waals surface area contributed by atoms with Crippen LogP contribution in [0, 0.1) is 0 Å². The van der Waals surface area contributed by atoms with Crippen molar-refractivity contribution in [2.45, 2.75) is 17.5 Å². The molecule has 3 rings (SSSR count). The molecule has 0 radical (unpaired) electrons. The molecule has 1 aliphatic heterocycles. The van der Waals surface area contributed by atoms with Gasteiger partial charge in [-0.15, -0.1) is 0 Å². The molecule has 5 nitrogen and oxygen atoms in total. The largest absolute Gasteiger partial charge is 0.374 e. The summed E-state index contributed by atoms with van der Waals surface area (Å²) in [6.45, 7) is 4.10. The van der Waals surface area contributed by atoms with Gasteiger partial charge in [0.2, 0.25) is 0 Å². The molecular weight excluding hydrogens is 298 g/mol. The molecule has 0 N–H and O–H groups in total. The van der Waals surface area contributed by atoms with E-state index < -0.39 is 10.8 Å². The first kappa shape index (κ1) is 15.4. The van der Waals surface area contributed by atoms with Gasteiger partial charge in [0.1, 0.15) is 0 Å². The molecule has 22 heavy (non-hydrogen) atoms. The minimum absolute atomic E-state index is 0.152. The number of nitrogens with zero attached hydrogens (tertiary/aromatic N) is 3. The molecule has 2 atom stereocenters. The Hall–Kier alpha value is -1.50. The Morgan fingerprint density at radius 3 is 2.91 bits per heavy atom. The molecule has 0 unspecified atom stereocenters. The summed E-state index contributed by atoms with van der Waals surface area (Å²) < 4.78 is 20.0. The van der Waals surface area contributed by atoms with Gasteiger partial charge < -0.3 is 4.74 Å². The van der Waals surface area contributed by atoms with Crippen LogP contribution < -0.4 is 0 Å². The van der Waals surface area contributed by atoms with E-state index in [9.17, 15) is 4.21 Å². The van der Waals surface area contributed by atoms with Crippen LogP contribution in [0.2, 0.25) is 0 Å². The third kappa shape index (κ3) is 4.25. The summed E-state index contributed by atoms with van der Waals surface area (Å²) >= 11 is 0. The predicted molar refractivity (Wildman–Crippen MR) is 86.1 cm³/mol. The van der Waals surface area contributed by atoms with Crippen LogP contribution >= 0.6 is 0 Å². The number of morpholine rings is 1. The lowest BCUT2D eigenvalue weighted by atomic mass is 10.2. The van der Waals surface area contributed by atoms with Crippen molar-refractivity contribution >= 4 is 10.8 Å². The minimum Gasteiger partial charge on any atom is -0.374 e. The maximum Gasteiger partial charge on any atom is 0.0898 e. The number of aromatic nitrogens is 2. The summed E-state index contributed by atoms with van der Waals surface area (Å²) in [5.41, 5.74) is 0. The average Bonchev–Trinajstić information content (AvgIpc) is 3.07. The molecule has 1 fully saturated rings. The molecule has 2 heterocycles. The van der Waals surface area contributed by atoms with E-state index in [0.29, 0.717) is 5.75 Å². The van der Waals surface area contributed by atoms with E-state index in [2.05, 4.69) is 10.00 Å². The fraction of sp³-hybridized carbons (Fsp3) is 0.438. The summed E-state index contributed by atoms with van der Waals surface area (Å²) in [7, 11) is -0.928. The Morgan fingerprint density at radius 1 is 1.27 bits per heavy atom. The molecule has 118 valence electrons. The first-order valence-corrected chi connectivity index (χ1v) is 8.88. The number of hydrogen-bond donors (Lipinski definition) is 0. The monoisotopic (exact) mass is 319 g/mol. The van der Waals surface area contributed by atoms with E-state index in [-0.39, 0.29) is 6.10 Å². The van der Waals surface area contributed by atoms with E-state index in [4.69, 9.17) is 4.74 Å². The Balaban J connectivity index is 1.47. The molecular formula is C16H21N3O2S. The molecule has 1 aliphatic rings. The highest BCUT2D eigenvalue weighted by Gasteiger charge is 2.21. The second kappa shape index (κ2) is 7.67. The average molecular weight is 319 g/mol. The first-order valence-electron chi connectivity index (χ1n) is 7.56. The zero-order valence-corrected chi connectivity index (χ0v) is 13.3. The Kier molecular flexibility index (Phi) is 5.37. The summed E-state index contributed by atoms with van der Waals surface area (Å²) in [5.74, 6) is 0.665. The molecule has 0 bridgehead atoms. The highest BCUT2D eigenvalue weighted by Crippen LogP contribution is 2.10. The lowest BCUT2D eigenvalue weighted by Crippen LogP contribution is -2.45. The van der Waals surface area contributed by atoms with E-state index in [1.54, 1.807) is 6.20 Å². The summed E-state index contributed by atoms with van der Waals surface area (Å²) in [6.07, 6.45) is 3.88. The van der Waals surface area contributed by atoms with Gasteiger partial charge in [0.05, 0.1) is 30.1 Å². The topological polar surface area (TPSA) is 47.4 Å². The van der Waals surface area contributed by atoms with Crippen LogP contribution in [0.4, 0.5) is 0 Å². The normalized spacial score (nSPS) is 20.8. The minimum atomic E-state index is -0.928. The number of benzene rings is 1. The zero-order chi connectivity index (χ0) is 15.2. The van der Waals surface area contributed by atoms with Crippen LogP contribution in [-0.2, 0) is 22.1 Å². The van der Waals surface area contributed by atoms with Gasteiger partial charge in [-0.1, -0.05) is 18.2 Å². The lowest BCUT2D eigenvalue weighted by Gasteiger charge is -2.32. The number of rotatable bonds is 6. The second-order valence-electron chi connectivity index (χ2n) is 5.38. The fourth-order valence-electron chi connectivity index (χ4n) is 2.61. The Morgan fingerprint density at radius 2 is 2.14 bits per heavy atom. The van der Waals surface area contributed by atoms with Gasteiger partial charge in [-0.3, -0.25) is 13.8 Å². The van der Waals surface area contributed by atoms with Crippen molar-refractivity contribution in [1.82, 2.24) is 14.7 Å². The lowest BCUT2D eigenvalue weighted by molar-refractivity contribution is -0.0355. The van der Waals surface area contributed by atoms with Crippen molar-refractivity contribution in [2.75, 3.05) is 32.0 Å². The van der Waals surface area contributed by atoms with E-state index in [0.717, 1.165) is 37.7 Å². The summed E-state index contributed by atoms with van der Waals surface area (Å²) in [5, 5.41) is 4.22. The van der Waals surface area contributed by atoms with Gasteiger partial charge in [0.15, 0.2) is 0 Å². The van der Waals surface area contributed by atoms with Crippen molar-refractivity contribution in [2.24, 2.45) is 0 Å². The molecule has 0 aliphatic carbocycles. The quantitative estimate of drug-likeness (QED) is 0.807. The van der Waals surface area contributed by atoms with Crippen LogP contribution in [-0.4, -0.2) is 57.0 Å². The van der Waals surface area contributed by atoms with Crippen LogP contribution in [0.5, 0.6) is 0 Å². The van der Waals surface area contributed by atoms with Crippen LogP contribution in [0.15, 0.2) is 53.7 Å². The molecule has 0 saturated carbocycles. The van der Waals surface area contributed by atoms with Crippen LogP contribution in [0.25, 0.3) is 0 Å². The van der Waals surface area contributed by atoms with Gasteiger partial charge in [0, 0.05) is 42.7 Å². The summed E-state index contributed by atoms with van der Waals surface area (Å²) in [6, 6.07) is 11.6. The van der Waals surface area contributed by atoms with Crippen molar-refractivity contribution in [1.29, 1.82) is 0 Å². The third-order valence-corrected chi connectivity index (χ3v) is 5.12. The molecule has 0 spiro atoms. The van der Waals surface area contributed by atoms with Crippen molar-refractivity contribution in [3.8, 4) is 0 Å². The zero-order valence-electron chi connectivity index (χ0n) is 12.5. The van der Waals surface area contributed by atoms with Crippen molar-refractivity contribution < 1.29 is 8.95 Å². The second-order valence-corrected chi connectivity index (χ2v) is 6.95. The molecule has 1 saturated heterocycles. The van der Waals surface area contributed by atoms with E-state index >= 15 is 0 Å². The van der Waals surface area contributed by atoms with Gasteiger partial charge in [0.25, 0.3) is 0 Å². The fourth-order valence-corrected chi connectivity index (χ4v) is 3.73. The maximum absolute atomic E-state index is 12.3. The highest BCUT2D eigenvalue weighted by atomic mass is 32.2. The van der Waals surface area contributed by atoms with Crippen molar-refractivity contribution in [3.63, 3.8) is 0 Å². The Labute approximate surface area is 133 Å². The SMILES string of the molecule is O=[S@@](CCN1CCO[C@@H](Cn2cccn2)C1)c1ccccc1. The van der Waals surface area contributed by atoms with E-state index in [1.165, 1.54) is 0 Å². The summed E-state index contributed by atoms with van der Waals surface area (Å²) in [4.78, 5) is 3.24. The first-order chi connectivity index (χ1) is 10.8. The van der Waals surface area contributed by atoms with Crippen molar-refractivity contribution in [3.05, 3.63) is 48.8 Å². The maximum atomic E-state index is 12.3. The van der Waals surface area contributed by atoms with Gasteiger partial charge in [-0.05, 0) is 18.2 Å². The third-order valence-electron chi connectivity index (χ3n) is 3.77. The number of hydrogen-bond acceptors (Lipinski definition) is 4. The molecule has 1 aromatic heterocycles. The van der Waals surface area contributed by atoms with E-state index in [1.807, 2.05) is 47.3 Å². The van der Waals surface area contributed by atoms with Crippen LogP contribution in [0.3, 0.4) is 0 Å². The van der Waals surface area contributed by atoms with Crippen LogP contribution in [0.1, 0.15) is 0 Å². The molecule has 0 amide bonds. The number of ether oxygens (including phenoxy) is 1. The molecule has 6 heteroatoms. The molecule has 2 aromatic rings. The van der Waals surface area contributed by atoms with Gasteiger partial charge >= 0.3 is 0 Å².